The molecule has 0 aromatic heterocycles. The molecule has 0 saturated carbocycles. The van der Waals surface area contributed by atoms with Crippen LogP contribution < -0.4 is 15.8 Å². The zero-order valence-electron chi connectivity index (χ0n) is 18.4. The first kappa shape index (κ1) is 20.0. The Morgan fingerprint density at radius 2 is 1.97 bits per heavy atom. The Balaban J connectivity index is 1.35. The summed E-state index contributed by atoms with van der Waals surface area (Å²) in [6, 6.07) is 17.5. The average molecular weight is 411 g/mol. The third kappa shape index (κ3) is 4.40. The molecule has 1 saturated heterocycles. The second-order valence-corrected chi connectivity index (χ2v) is 8.88. The van der Waals surface area contributed by atoms with E-state index < -0.39 is 0 Å². The van der Waals surface area contributed by atoms with Gasteiger partial charge in [-0.15, -0.1) is 0 Å². The second kappa shape index (κ2) is 8.64. The summed E-state index contributed by atoms with van der Waals surface area (Å²) in [6.07, 6.45) is 6.71. The highest BCUT2D eigenvalue weighted by Gasteiger charge is 2.34. The highest BCUT2D eigenvalue weighted by Crippen LogP contribution is 2.22. The maximum absolute atomic E-state index is 4.77. The molecule has 1 unspecified atom stereocenters. The lowest BCUT2D eigenvalue weighted by Crippen LogP contribution is -2.38. The standard InChI is InChI=1S/C27H30N4/c1-19-7-5-9-21(13-19)15-31-16-25-26(17-31)28-18-29-27(25)30-23-11-6-8-20(2)24-12-4-3-10-22(24)14-23/h3-5,7,9-14,25H,6,8,15-18H2,1-2H3,(H,29,30). The van der Waals surface area contributed by atoms with Gasteiger partial charge < -0.3 is 5.32 Å². The maximum Gasteiger partial charge on any atom is 0.131 e. The van der Waals surface area contributed by atoms with Gasteiger partial charge in [-0.25, -0.2) is 4.99 Å². The minimum absolute atomic E-state index is 0.266. The highest BCUT2D eigenvalue weighted by atomic mass is 15.2. The molecule has 0 spiro atoms. The SMILES string of the molecule is CC1=c2ccccc2=CC(NC2=NCN=C3CN(Cc4cccc(C)c4)CC32)=CCC1. The van der Waals surface area contributed by atoms with Crippen LogP contribution in [0.2, 0.25) is 0 Å². The van der Waals surface area contributed by atoms with Crippen LogP contribution in [0.25, 0.3) is 11.6 Å². The number of fused-ring (bicyclic) bond motifs is 2. The van der Waals surface area contributed by atoms with E-state index in [1.807, 2.05) is 0 Å². The summed E-state index contributed by atoms with van der Waals surface area (Å²) >= 11 is 0. The number of nitrogens with one attached hydrogen (secondary N) is 1. The fraction of sp³-hybridized carbons (Fsp3) is 0.333. The molecule has 31 heavy (non-hydrogen) atoms. The van der Waals surface area contributed by atoms with Crippen molar-refractivity contribution in [3.63, 3.8) is 0 Å². The maximum atomic E-state index is 4.77. The summed E-state index contributed by atoms with van der Waals surface area (Å²) in [6.45, 7) is 7.79. The molecule has 1 aliphatic carbocycles. The molecule has 0 amide bonds. The van der Waals surface area contributed by atoms with Crippen LogP contribution in [0, 0.1) is 12.8 Å². The van der Waals surface area contributed by atoms with Crippen molar-refractivity contribution < 1.29 is 0 Å². The fourth-order valence-corrected chi connectivity index (χ4v) is 4.85. The largest absolute Gasteiger partial charge is 0.344 e. The van der Waals surface area contributed by atoms with Gasteiger partial charge in [0.05, 0.1) is 5.92 Å². The van der Waals surface area contributed by atoms with Crippen LogP contribution in [0.4, 0.5) is 0 Å². The van der Waals surface area contributed by atoms with Gasteiger partial charge in [-0.05, 0) is 48.8 Å². The van der Waals surface area contributed by atoms with Crippen molar-refractivity contribution in [3.8, 4) is 0 Å². The molecular weight excluding hydrogens is 380 g/mol. The molecule has 4 nitrogen and oxygen atoms in total. The number of rotatable bonds is 3. The van der Waals surface area contributed by atoms with Gasteiger partial charge in [-0.3, -0.25) is 9.89 Å². The lowest BCUT2D eigenvalue weighted by Gasteiger charge is -2.21. The summed E-state index contributed by atoms with van der Waals surface area (Å²) < 4.78 is 0. The van der Waals surface area contributed by atoms with E-state index in [9.17, 15) is 0 Å². The van der Waals surface area contributed by atoms with E-state index >= 15 is 0 Å². The first-order valence-corrected chi connectivity index (χ1v) is 11.2. The minimum Gasteiger partial charge on any atom is -0.344 e. The Morgan fingerprint density at radius 3 is 2.87 bits per heavy atom. The molecule has 0 bridgehead atoms. The molecule has 2 aliphatic heterocycles. The van der Waals surface area contributed by atoms with Crippen molar-refractivity contribution in [2.75, 3.05) is 19.8 Å². The monoisotopic (exact) mass is 410 g/mol. The average Bonchev–Trinajstić information content (AvgIpc) is 3.16. The quantitative estimate of drug-likeness (QED) is 0.844. The van der Waals surface area contributed by atoms with Crippen molar-refractivity contribution in [2.24, 2.45) is 15.9 Å². The van der Waals surface area contributed by atoms with Crippen LogP contribution >= 0.6 is 0 Å². The summed E-state index contributed by atoms with van der Waals surface area (Å²) in [5.41, 5.74) is 6.55. The van der Waals surface area contributed by atoms with Gasteiger partial charge in [0, 0.05) is 31.0 Å². The highest BCUT2D eigenvalue weighted by molar-refractivity contribution is 6.10. The number of allylic oxidation sites excluding steroid dienone is 2. The van der Waals surface area contributed by atoms with Crippen LogP contribution in [-0.2, 0) is 6.54 Å². The topological polar surface area (TPSA) is 40.0 Å². The summed E-state index contributed by atoms with van der Waals surface area (Å²) in [7, 11) is 0. The molecule has 2 aromatic rings. The first-order chi connectivity index (χ1) is 15.2. The van der Waals surface area contributed by atoms with Crippen LogP contribution in [0.1, 0.15) is 30.9 Å². The molecule has 3 aliphatic rings. The number of aliphatic imine (C=N–C) groups is 2. The number of aryl methyl sites for hydroxylation is 1. The molecule has 2 heterocycles. The lowest BCUT2D eigenvalue weighted by molar-refractivity contribution is 0.331. The van der Waals surface area contributed by atoms with E-state index in [0.717, 1.165) is 44.0 Å². The number of hydrogen-bond donors (Lipinski definition) is 1. The van der Waals surface area contributed by atoms with Gasteiger partial charge in [-0.1, -0.05) is 65.7 Å². The van der Waals surface area contributed by atoms with Crippen molar-refractivity contribution in [1.82, 2.24) is 10.2 Å². The molecule has 1 N–H and O–H groups in total. The molecular formula is C27H30N4. The van der Waals surface area contributed by atoms with E-state index in [1.165, 1.54) is 32.8 Å². The van der Waals surface area contributed by atoms with Crippen molar-refractivity contribution >= 4 is 23.2 Å². The Morgan fingerprint density at radius 1 is 1.06 bits per heavy atom. The van der Waals surface area contributed by atoms with Crippen LogP contribution in [-0.4, -0.2) is 36.2 Å². The number of hydrogen-bond acceptors (Lipinski definition) is 4. The molecule has 4 heteroatoms. The Bertz CT molecular complexity index is 1200. The number of nitrogens with zero attached hydrogens (tertiary/aromatic N) is 3. The van der Waals surface area contributed by atoms with Crippen molar-refractivity contribution in [2.45, 2.75) is 33.2 Å². The smallest absolute Gasteiger partial charge is 0.131 e. The lowest BCUT2D eigenvalue weighted by atomic mass is 10.0. The summed E-state index contributed by atoms with van der Waals surface area (Å²) in [4.78, 5) is 12.0. The van der Waals surface area contributed by atoms with E-state index in [4.69, 9.17) is 9.98 Å². The zero-order valence-corrected chi connectivity index (χ0v) is 18.4. The van der Waals surface area contributed by atoms with E-state index in [0.29, 0.717) is 6.67 Å². The molecule has 2 aromatic carbocycles. The zero-order chi connectivity index (χ0) is 21.2. The fourth-order valence-electron chi connectivity index (χ4n) is 4.85. The van der Waals surface area contributed by atoms with Gasteiger partial charge in [0.1, 0.15) is 12.5 Å². The van der Waals surface area contributed by atoms with Crippen LogP contribution in [0.3, 0.4) is 0 Å². The van der Waals surface area contributed by atoms with E-state index in [2.05, 4.69) is 84.7 Å². The predicted octanol–water partition coefficient (Wildman–Crippen LogP) is 3.16. The van der Waals surface area contributed by atoms with Crippen LogP contribution in [0.15, 0.2) is 70.3 Å². The van der Waals surface area contributed by atoms with Gasteiger partial charge >= 0.3 is 0 Å². The Labute approximate surface area is 184 Å². The van der Waals surface area contributed by atoms with E-state index in [1.54, 1.807) is 0 Å². The van der Waals surface area contributed by atoms with Gasteiger partial charge in [0.25, 0.3) is 0 Å². The van der Waals surface area contributed by atoms with Crippen molar-refractivity contribution in [3.05, 3.63) is 81.9 Å². The van der Waals surface area contributed by atoms with Crippen molar-refractivity contribution in [1.29, 1.82) is 0 Å². The van der Waals surface area contributed by atoms with Gasteiger partial charge in [0.2, 0.25) is 0 Å². The summed E-state index contributed by atoms with van der Waals surface area (Å²) in [5, 5.41) is 6.31. The third-order valence-corrected chi connectivity index (χ3v) is 6.45. The molecule has 1 fully saturated rings. The number of amidine groups is 1. The Kier molecular flexibility index (Phi) is 5.56. The molecule has 1 atom stereocenters. The predicted molar refractivity (Wildman–Crippen MR) is 129 cm³/mol. The Hall–Kier alpha value is -2.98. The van der Waals surface area contributed by atoms with E-state index in [-0.39, 0.29) is 5.92 Å². The number of benzene rings is 2. The van der Waals surface area contributed by atoms with Gasteiger partial charge in [0.15, 0.2) is 0 Å². The second-order valence-electron chi connectivity index (χ2n) is 8.88. The first-order valence-electron chi connectivity index (χ1n) is 11.2. The summed E-state index contributed by atoms with van der Waals surface area (Å²) in [5.74, 6) is 1.33. The number of likely N-dealkylation sites (tertiary alicyclic amines) is 1. The van der Waals surface area contributed by atoms with Crippen LogP contribution in [0.5, 0.6) is 0 Å². The van der Waals surface area contributed by atoms with Gasteiger partial charge in [-0.2, -0.15) is 0 Å². The molecule has 0 radical (unpaired) electrons. The minimum atomic E-state index is 0.266. The molecule has 5 rings (SSSR count). The molecule has 158 valence electrons. The normalized spacial score (nSPS) is 21.0. The third-order valence-electron chi connectivity index (χ3n) is 6.45.